The molecular formula is C17H15N5OS. The molecule has 0 bridgehead atoms. The van der Waals surface area contributed by atoms with Crippen molar-refractivity contribution in [2.24, 2.45) is 0 Å². The lowest BCUT2D eigenvalue weighted by Gasteiger charge is -2.04. The predicted molar refractivity (Wildman–Crippen MR) is 93.1 cm³/mol. The van der Waals surface area contributed by atoms with Crippen molar-refractivity contribution < 1.29 is 4.74 Å². The number of nitrogens with zero attached hydrogens (tertiary/aromatic N) is 5. The molecule has 0 fully saturated rings. The van der Waals surface area contributed by atoms with Gasteiger partial charge in [-0.3, -0.25) is 4.98 Å². The standard InChI is InChI=1S/C17H15N5OS/c1-2-11-23-14-5-3-12(4-6-14)15-19-20-17-22(15)21-16(24-17)13-7-9-18-10-8-13/h3-10H,2,11H2,1H3. The zero-order chi connectivity index (χ0) is 16.4. The number of rotatable bonds is 5. The Labute approximate surface area is 142 Å². The second-order valence-electron chi connectivity index (χ2n) is 5.23. The van der Waals surface area contributed by atoms with Crippen molar-refractivity contribution in [2.45, 2.75) is 13.3 Å². The highest BCUT2D eigenvalue weighted by Gasteiger charge is 2.14. The molecule has 0 aliphatic heterocycles. The van der Waals surface area contributed by atoms with Crippen LogP contribution in [-0.2, 0) is 0 Å². The van der Waals surface area contributed by atoms with Gasteiger partial charge >= 0.3 is 0 Å². The van der Waals surface area contributed by atoms with E-state index in [1.807, 2.05) is 36.4 Å². The first-order valence-corrected chi connectivity index (χ1v) is 8.52. The highest BCUT2D eigenvalue weighted by atomic mass is 32.1. The van der Waals surface area contributed by atoms with Crippen LogP contribution in [0.2, 0.25) is 0 Å². The van der Waals surface area contributed by atoms with E-state index in [1.165, 1.54) is 11.3 Å². The van der Waals surface area contributed by atoms with Crippen molar-refractivity contribution in [3.05, 3.63) is 48.8 Å². The Kier molecular flexibility index (Phi) is 3.92. The Morgan fingerprint density at radius 3 is 2.54 bits per heavy atom. The summed E-state index contributed by atoms with van der Waals surface area (Å²) in [6.07, 6.45) is 4.50. The Bertz CT molecular complexity index is 946. The number of fused-ring (bicyclic) bond motifs is 1. The Balaban J connectivity index is 1.68. The number of benzene rings is 1. The van der Waals surface area contributed by atoms with Crippen LogP contribution >= 0.6 is 11.3 Å². The summed E-state index contributed by atoms with van der Waals surface area (Å²) in [4.78, 5) is 4.80. The van der Waals surface area contributed by atoms with Gasteiger partial charge in [-0.15, -0.1) is 10.2 Å². The third kappa shape index (κ3) is 2.74. The van der Waals surface area contributed by atoms with E-state index in [2.05, 4.69) is 27.2 Å². The van der Waals surface area contributed by atoms with E-state index in [-0.39, 0.29) is 0 Å². The molecule has 7 heteroatoms. The van der Waals surface area contributed by atoms with E-state index in [9.17, 15) is 0 Å². The number of hydrogen-bond donors (Lipinski definition) is 0. The van der Waals surface area contributed by atoms with Crippen LogP contribution in [0.4, 0.5) is 0 Å². The van der Waals surface area contributed by atoms with Crippen molar-refractivity contribution >= 4 is 16.3 Å². The second kappa shape index (κ2) is 6.37. The summed E-state index contributed by atoms with van der Waals surface area (Å²) in [5.41, 5.74) is 1.98. The van der Waals surface area contributed by atoms with Gasteiger partial charge in [0.15, 0.2) is 5.82 Å². The average Bonchev–Trinajstić information content (AvgIpc) is 3.22. The molecule has 0 spiro atoms. The van der Waals surface area contributed by atoms with Crippen molar-refractivity contribution in [3.63, 3.8) is 0 Å². The van der Waals surface area contributed by atoms with Gasteiger partial charge in [0.1, 0.15) is 10.8 Å². The van der Waals surface area contributed by atoms with Crippen LogP contribution in [0.1, 0.15) is 13.3 Å². The molecule has 0 aliphatic carbocycles. The maximum absolute atomic E-state index is 5.61. The molecule has 0 saturated heterocycles. The molecule has 0 radical (unpaired) electrons. The van der Waals surface area contributed by atoms with Gasteiger partial charge in [-0.1, -0.05) is 18.3 Å². The fraction of sp³-hybridized carbons (Fsp3) is 0.176. The molecule has 1 aromatic carbocycles. The van der Waals surface area contributed by atoms with Gasteiger partial charge < -0.3 is 4.74 Å². The molecule has 6 nitrogen and oxygen atoms in total. The van der Waals surface area contributed by atoms with Gasteiger partial charge in [0.25, 0.3) is 0 Å². The van der Waals surface area contributed by atoms with Crippen LogP contribution in [-0.4, -0.2) is 31.4 Å². The average molecular weight is 337 g/mol. The summed E-state index contributed by atoms with van der Waals surface area (Å²) >= 11 is 1.51. The van der Waals surface area contributed by atoms with Gasteiger partial charge in [-0.25, -0.2) is 0 Å². The first-order valence-electron chi connectivity index (χ1n) is 7.71. The molecule has 0 unspecified atom stereocenters. The van der Waals surface area contributed by atoms with Crippen LogP contribution in [0.5, 0.6) is 5.75 Å². The fourth-order valence-electron chi connectivity index (χ4n) is 2.33. The summed E-state index contributed by atoms with van der Waals surface area (Å²) in [5.74, 6) is 1.58. The molecule has 4 aromatic rings. The molecular weight excluding hydrogens is 322 g/mol. The molecule has 0 aliphatic rings. The number of pyridine rings is 1. The van der Waals surface area contributed by atoms with Crippen LogP contribution in [0.25, 0.3) is 26.9 Å². The van der Waals surface area contributed by atoms with Gasteiger partial charge in [0, 0.05) is 23.5 Å². The minimum Gasteiger partial charge on any atom is -0.494 e. The Morgan fingerprint density at radius 2 is 1.79 bits per heavy atom. The molecule has 3 heterocycles. The van der Waals surface area contributed by atoms with E-state index in [4.69, 9.17) is 4.74 Å². The van der Waals surface area contributed by atoms with Crippen molar-refractivity contribution in [2.75, 3.05) is 6.61 Å². The molecule has 0 saturated carbocycles. The third-order valence-corrected chi connectivity index (χ3v) is 4.45. The van der Waals surface area contributed by atoms with Crippen LogP contribution in [0.15, 0.2) is 48.8 Å². The van der Waals surface area contributed by atoms with Crippen LogP contribution in [0, 0.1) is 0 Å². The summed E-state index contributed by atoms with van der Waals surface area (Å²) in [5, 5.41) is 14.0. The molecule has 3 aromatic heterocycles. The lowest BCUT2D eigenvalue weighted by molar-refractivity contribution is 0.317. The van der Waals surface area contributed by atoms with Crippen LogP contribution in [0.3, 0.4) is 0 Å². The van der Waals surface area contributed by atoms with E-state index in [0.29, 0.717) is 0 Å². The minimum absolute atomic E-state index is 0.718. The Morgan fingerprint density at radius 1 is 1.00 bits per heavy atom. The largest absolute Gasteiger partial charge is 0.494 e. The summed E-state index contributed by atoms with van der Waals surface area (Å²) in [6, 6.07) is 11.7. The summed E-state index contributed by atoms with van der Waals surface area (Å²) in [6.45, 7) is 2.81. The lowest BCUT2D eigenvalue weighted by Crippen LogP contribution is -1.95. The highest BCUT2D eigenvalue weighted by molar-refractivity contribution is 7.19. The first-order chi connectivity index (χ1) is 11.8. The molecule has 0 amide bonds. The zero-order valence-corrected chi connectivity index (χ0v) is 13.9. The van der Waals surface area contributed by atoms with E-state index in [1.54, 1.807) is 16.9 Å². The molecule has 24 heavy (non-hydrogen) atoms. The summed E-state index contributed by atoms with van der Waals surface area (Å²) in [7, 11) is 0. The molecule has 0 atom stereocenters. The number of hydrogen-bond acceptors (Lipinski definition) is 6. The Hall–Kier alpha value is -2.80. The van der Waals surface area contributed by atoms with Gasteiger partial charge in [-0.05, 0) is 42.8 Å². The maximum Gasteiger partial charge on any atom is 0.235 e. The maximum atomic E-state index is 5.61. The van der Waals surface area contributed by atoms with E-state index in [0.717, 1.165) is 45.7 Å². The summed E-state index contributed by atoms with van der Waals surface area (Å²) < 4.78 is 7.39. The zero-order valence-electron chi connectivity index (χ0n) is 13.1. The predicted octanol–water partition coefficient (Wildman–Crippen LogP) is 3.70. The van der Waals surface area contributed by atoms with Gasteiger partial charge in [0.05, 0.1) is 6.61 Å². The number of aromatic nitrogens is 5. The van der Waals surface area contributed by atoms with Crippen LogP contribution < -0.4 is 4.74 Å². The topological polar surface area (TPSA) is 65.2 Å². The SMILES string of the molecule is CCCOc1ccc(-c2nnc3sc(-c4ccncc4)nn23)cc1. The first kappa shape index (κ1) is 14.8. The normalized spacial score (nSPS) is 11.0. The molecule has 4 rings (SSSR count). The van der Waals surface area contributed by atoms with Gasteiger partial charge in [-0.2, -0.15) is 9.61 Å². The number of ether oxygens (including phenoxy) is 1. The fourth-order valence-corrected chi connectivity index (χ4v) is 3.17. The van der Waals surface area contributed by atoms with Crippen molar-refractivity contribution in [1.82, 2.24) is 24.8 Å². The van der Waals surface area contributed by atoms with Crippen molar-refractivity contribution in [3.8, 4) is 27.7 Å². The monoisotopic (exact) mass is 337 g/mol. The lowest BCUT2D eigenvalue weighted by atomic mass is 10.2. The van der Waals surface area contributed by atoms with E-state index >= 15 is 0 Å². The van der Waals surface area contributed by atoms with Crippen molar-refractivity contribution in [1.29, 1.82) is 0 Å². The molecule has 0 N–H and O–H groups in total. The highest BCUT2D eigenvalue weighted by Crippen LogP contribution is 2.28. The van der Waals surface area contributed by atoms with Gasteiger partial charge in [0.2, 0.25) is 4.96 Å². The third-order valence-electron chi connectivity index (χ3n) is 3.50. The van der Waals surface area contributed by atoms with E-state index < -0.39 is 0 Å². The smallest absolute Gasteiger partial charge is 0.235 e. The quantitative estimate of drug-likeness (QED) is 0.555. The molecule has 120 valence electrons. The second-order valence-corrected chi connectivity index (χ2v) is 6.19. The minimum atomic E-state index is 0.718.